The van der Waals surface area contributed by atoms with Crippen molar-refractivity contribution in [2.24, 2.45) is 0 Å². The van der Waals surface area contributed by atoms with Crippen LogP contribution < -0.4 is 10.6 Å². The Morgan fingerprint density at radius 1 is 1.21 bits per heavy atom. The lowest BCUT2D eigenvalue weighted by Crippen LogP contribution is -2.42. The summed E-state index contributed by atoms with van der Waals surface area (Å²) in [5, 5.41) is 14.9. The fourth-order valence-electron chi connectivity index (χ4n) is 3.32. The van der Waals surface area contributed by atoms with Gasteiger partial charge < -0.3 is 20.3 Å². The summed E-state index contributed by atoms with van der Waals surface area (Å²) in [4.78, 5) is 18.0. The van der Waals surface area contributed by atoms with Gasteiger partial charge in [0.25, 0.3) is 0 Å². The molecule has 2 heterocycles. The molecule has 2 N–H and O–H groups in total. The number of carbonyl (C=O) groups is 1. The molecule has 1 aromatic heterocycles. The van der Waals surface area contributed by atoms with Gasteiger partial charge >= 0.3 is 6.09 Å². The molecule has 3 rings (SSSR count). The zero-order chi connectivity index (χ0) is 16.8. The van der Waals surface area contributed by atoms with E-state index in [0.29, 0.717) is 31.7 Å². The maximum atomic E-state index is 11.7. The van der Waals surface area contributed by atoms with Crippen LogP contribution in [0.15, 0.2) is 6.20 Å². The van der Waals surface area contributed by atoms with Crippen molar-refractivity contribution in [3.05, 3.63) is 6.20 Å². The molecule has 2 fully saturated rings. The molecule has 1 aliphatic carbocycles. The SMILES string of the molecule is CCOC(=O)N1CCC(Nc2cnnc(NC3CCCC3)n2)CC1. The smallest absolute Gasteiger partial charge is 0.409 e. The lowest BCUT2D eigenvalue weighted by Gasteiger charge is -2.31. The number of amides is 1. The Hall–Kier alpha value is -2.12. The van der Waals surface area contributed by atoms with E-state index < -0.39 is 0 Å². The lowest BCUT2D eigenvalue weighted by atomic mass is 10.1. The predicted molar refractivity (Wildman–Crippen MR) is 90.9 cm³/mol. The van der Waals surface area contributed by atoms with Crippen LogP contribution in [0.2, 0.25) is 0 Å². The maximum absolute atomic E-state index is 11.7. The van der Waals surface area contributed by atoms with Crippen LogP contribution in [0.25, 0.3) is 0 Å². The van der Waals surface area contributed by atoms with Gasteiger partial charge in [-0.05, 0) is 32.6 Å². The molecule has 0 aromatic carbocycles. The number of carbonyl (C=O) groups excluding carboxylic acids is 1. The van der Waals surface area contributed by atoms with Crippen molar-refractivity contribution < 1.29 is 9.53 Å². The number of likely N-dealkylation sites (tertiary alicyclic amines) is 1. The second kappa shape index (κ2) is 8.12. The Kier molecular flexibility index (Phi) is 5.66. The van der Waals surface area contributed by atoms with E-state index in [1.165, 1.54) is 25.7 Å². The zero-order valence-electron chi connectivity index (χ0n) is 14.2. The van der Waals surface area contributed by atoms with Gasteiger partial charge in [0.15, 0.2) is 5.82 Å². The van der Waals surface area contributed by atoms with Crippen LogP contribution in [-0.4, -0.2) is 58.0 Å². The van der Waals surface area contributed by atoms with Gasteiger partial charge in [-0.3, -0.25) is 0 Å². The number of nitrogens with one attached hydrogen (secondary N) is 2. The van der Waals surface area contributed by atoms with Gasteiger partial charge in [-0.25, -0.2) is 4.79 Å². The van der Waals surface area contributed by atoms with Gasteiger partial charge in [0.1, 0.15) is 0 Å². The van der Waals surface area contributed by atoms with Gasteiger partial charge in [-0.2, -0.15) is 10.1 Å². The van der Waals surface area contributed by atoms with Crippen molar-refractivity contribution in [1.82, 2.24) is 20.1 Å². The number of hydrogen-bond donors (Lipinski definition) is 2. The molecule has 0 radical (unpaired) electrons. The number of nitrogens with zero attached hydrogens (tertiary/aromatic N) is 4. The minimum absolute atomic E-state index is 0.220. The summed E-state index contributed by atoms with van der Waals surface area (Å²) in [7, 11) is 0. The standard InChI is InChI=1S/C16H26N6O2/c1-2-24-16(23)22-9-7-13(8-10-22)18-14-11-17-21-15(20-14)19-12-5-3-4-6-12/h11-13H,2-10H2,1H3,(H2,18,19,20,21). The van der Waals surface area contributed by atoms with E-state index in [9.17, 15) is 4.79 Å². The molecule has 1 saturated heterocycles. The van der Waals surface area contributed by atoms with Crippen LogP contribution in [0.4, 0.5) is 16.6 Å². The molecule has 0 spiro atoms. The monoisotopic (exact) mass is 334 g/mol. The van der Waals surface area contributed by atoms with Crippen LogP contribution in [0.5, 0.6) is 0 Å². The first-order chi connectivity index (χ1) is 11.7. The highest BCUT2D eigenvalue weighted by molar-refractivity contribution is 5.67. The van der Waals surface area contributed by atoms with Gasteiger partial charge in [-0.15, -0.1) is 5.10 Å². The normalized spacial score (nSPS) is 19.3. The molecule has 1 aromatic rings. The minimum atomic E-state index is -0.220. The summed E-state index contributed by atoms with van der Waals surface area (Å²) in [5.41, 5.74) is 0. The summed E-state index contributed by atoms with van der Waals surface area (Å²) >= 11 is 0. The summed E-state index contributed by atoms with van der Waals surface area (Å²) < 4.78 is 5.04. The van der Waals surface area contributed by atoms with Crippen molar-refractivity contribution in [2.45, 2.75) is 57.5 Å². The average molecular weight is 334 g/mol. The molecule has 1 amide bonds. The van der Waals surface area contributed by atoms with E-state index >= 15 is 0 Å². The number of ether oxygens (including phenoxy) is 1. The van der Waals surface area contributed by atoms with E-state index in [1.807, 2.05) is 6.92 Å². The fourth-order valence-corrected chi connectivity index (χ4v) is 3.32. The van der Waals surface area contributed by atoms with Gasteiger partial charge in [-0.1, -0.05) is 12.8 Å². The first-order valence-corrected chi connectivity index (χ1v) is 8.89. The number of piperidine rings is 1. The van der Waals surface area contributed by atoms with E-state index in [0.717, 1.165) is 18.7 Å². The molecule has 0 unspecified atom stereocenters. The largest absolute Gasteiger partial charge is 0.450 e. The van der Waals surface area contributed by atoms with Crippen LogP contribution >= 0.6 is 0 Å². The Morgan fingerprint density at radius 2 is 1.92 bits per heavy atom. The topological polar surface area (TPSA) is 92.3 Å². The van der Waals surface area contributed by atoms with Gasteiger partial charge in [0, 0.05) is 25.2 Å². The van der Waals surface area contributed by atoms with Gasteiger partial charge in [0.05, 0.1) is 12.8 Å². The molecule has 8 heteroatoms. The van der Waals surface area contributed by atoms with Crippen LogP contribution in [0.3, 0.4) is 0 Å². The molecule has 0 atom stereocenters. The Morgan fingerprint density at radius 3 is 2.62 bits per heavy atom. The summed E-state index contributed by atoms with van der Waals surface area (Å²) in [6.07, 6.45) is 8.05. The number of anilines is 2. The summed E-state index contributed by atoms with van der Waals surface area (Å²) in [6.45, 7) is 3.64. The van der Waals surface area contributed by atoms with Crippen molar-refractivity contribution in [3.63, 3.8) is 0 Å². The zero-order valence-corrected chi connectivity index (χ0v) is 14.2. The van der Waals surface area contributed by atoms with Crippen molar-refractivity contribution in [2.75, 3.05) is 30.3 Å². The molecule has 24 heavy (non-hydrogen) atoms. The van der Waals surface area contributed by atoms with Crippen molar-refractivity contribution in [1.29, 1.82) is 0 Å². The number of aromatic nitrogens is 3. The molecule has 132 valence electrons. The first-order valence-electron chi connectivity index (χ1n) is 8.89. The van der Waals surface area contributed by atoms with Crippen molar-refractivity contribution >= 4 is 17.9 Å². The van der Waals surface area contributed by atoms with Crippen LogP contribution in [0.1, 0.15) is 45.4 Å². The first kappa shape index (κ1) is 16.7. The second-order valence-electron chi connectivity index (χ2n) is 6.40. The fraction of sp³-hybridized carbons (Fsp3) is 0.750. The molecule has 0 bridgehead atoms. The quantitative estimate of drug-likeness (QED) is 0.853. The Labute approximate surface area is 142 Å². The van der Waals surface area contributed by atoms with E-state index in [2.05, 4.69) is 25.8 Å². The number of hydrogen-bond acceptors (Lipinski definition) is 7. The molecule has 2 aliphatic rings. The predicted octanol–water partition coefficient (Wildman–Crippen LogP) is 2.26. The van der Waals surface area contributed by atoms with Crippen molar-refractivity contribution in [3.8, 4) is 0 Å². The lowest BCUT2D eigenvalue weighted by molar-refractivity contribution is 0.0983. The van der Waals surface area contributed by atoms with Crippen LogP contribution in [0, 0.1) is 0 Å². The Bertz CT molecular complexity index is 541. The molecule has 8 nitrogen and oxygen atoms in total. The molecular weight excluding hydrogens is 308 g/mol. The summed E-state index contributed by atoms with van der Waals surface area (Å²) in [6, 6.07) is 0.751. The highest BCUT2D eigenvalue weighted by Gasteiger charge is 2.24. The molecular formula is C16H26N6O2. The maximum Gasteiger partial charge on any atom is 0.409 e. The third kappa shape index (κ3) is 4.46. The highest BCUT2D eigenvalue weighted by atomic mass is 16.6. The third-order valence-electron chi connectivity index (χ3n) is 4.62. The molecule has 1 aliphatic heterocycles. The van der Waals surface area contributed by atoms with E-state index in [4.69, 9.17) is 4.74 Å². The highest BCUT2D eigenvalue weighted by Crippen LogP contribution is 2.21. The van der Waals surface area contributed by atoms with Crippen LogP contribution in [-0.2, 0) is 4.74 Å². The Balaban J connectivity index is 1.49. The molecule has 1 saturated carbocycles. The third-order valence-corrected chi connectivity index (χ3v) is 4.62. The summed E-state index contributed by atoms with van der Waals surface area (Å²) in [5.74, 6) is 1.33. The van der Waals surface area contributed by atoms with E-state index in [1.54, 1.807) is 11.1 Å². The average Bonchev–Trinajstić information content (AvgIpc) is 3.09. The number of rotatable bonds is 5. The van der Waals surface area contributed by atoms with Gasteiger partial charge in [0.2, 0.25) is 5.95 Å². The minimum Gasteiger partial charge on any atom is -0.450 e. The van der Waals surface area contributed by atoms with E-state index in [-0.39, 0.29) is 12.1 Å². The second-order valence-corrected chi connectivity index (χ2v) is 6.40.